The van der Waals surface area contributed by atoms with E-state index < -0.39 is 11.7 Å². The quantitative estimate of drug-likeness (QED) is 0.644. The summed E-state index contributed by atoms with van der Waals surface area (Å²) in [6, 6.07) is 15.6. The number of anilines is 2. The van der Waals surface area contributed by atoms with E-state index in [0.29, 0.717) is 23.6 Å². The highest BCUT2D eigenvalue weighted by Crippen LogP contribution is 2.30. The maximum absolute atomic E-state index is 12.6. The normalized spacial score (nSPS) is 11.1. The summed E-state index contributed by atoms with van der Waals surface area (Å²) in [5.41, 5.74) is 2.27. The third-order valence-corrected chi connectivity index (χ3v) is 4.21. The van der Waals surface area contributed by atoms with E-state index in [0.717, 1.165) is 23.3 Å². The summed E-state index contributed by atoms with van der Waals surface area (Å²) in [6.07, 6.45) is -2.95. The van der Waals surface area contributed by atoms with Gasteiger partial charge < -0.3 is 10.6 Å². The van der Waals surface area contributed by atoms with E-state index in [9.17, 15) is 18.0 Å². The van der Waals surface area contributed by atoms with Crippen LogP contribution < -0.4 is 10.6 Å². The Labute approximate surface area is 160 Å². The number of hydrogen-bond donors (Lipinski definition) is 2. The number of amides is 1. The van der Waals surface area contributed by atoms with Crippen LogP contribution in [0, 0.1) is 6.92 Å². The molecule has 1 heterocycles. The van der Waals surface area contributed by atoms with E-state index in [-0.39, 0.29) is 5.91 Å². The van der Waals surface area contributed by atoms with Crippen LogP contribution in [0.3, 0.4) is 0 Å². The third-order valence-electron chi connectivity index (χ3n) is 4.21. The van der Waals surface area contributed by atoms with E-state index in [1.54, 1.807) is 12.1 Å². The summed E-state index contributed by atoms with van der Waals surface area (Å²) in [5.74, 6) is 0.173. The number of nitrogens with one attached hydrogen (secondary N) is 2. The molecule has 0 spiro atoms. The van der Waals surface area contributed by atoms with E-state index in [2.05, 4.69) is 15.6 Å². The minimum atomic E-state index is -4.37. The van der Waals surface area contributed by atoms with Gasteiger partial charge in [-0.05, 0) is 54.4 Å². The largest absolute Gasteiger partial charge is 0.416 e. The van der Waals surface area contributed by atoms with Gasteiger partial charge in [-0.2, -0.15) is 13.2 Å². The van der Waals surface area contributed by atoms with Crippen LogP contribution in [0.5, 0.6) is 0 Å². The number of aromatic nitrogens is 1. The van der Waals surface area contributed by atoms with Crippen LogP contribution >= 0.6 is 0 Å². The molecule has 0 radical (unpaired) electrons. The number of rotatable bonds is 5. The Bertz CT molecular complexity index is 952. The van der Waals surface area contributed by atoms with Crippen LogP contribution in [0.25, 0.3) is 0 Å². The van der Waals surface area contributed by atoms with Gasteiger partial charge in [0.25, 0.3) is 5.91 Å². The van der Waals surface area contributed by atoms with Crippen LogP contribution in [0.1, 0.15) is 27.0 Å². The Morgan fingerprint density at radius 3 is 2.32 bits per heavy atom. The molecule has 4 nitrogen and oxygen atoms in total. The fraction of sp³-hybridized carbons (Fsp3) is 0.143. The molecule has 1 aromatic heterocycles. The first-order chi connectivity index (χ1) is 13.3. The van der Waals surface area contributed by atoms with Crippen molar-refractivity contribution in [1.29, 1.82) is 0 Å². The van der Waals surface area contributed by atoms with Crippen molar-refractivity contribution in [2.75, 3.05) is 5.32 Å². The zero-order chi connectivity index (χ0) is 20.1. The summed E-state index contributed by atoms with van der Waals surface area (Å²) in [7, 11) is 0. The highest BCUT2D eigenvalue weighted by molar-refractivity contribution is 5.94. The number of carbonyl (C=O) groups is 1. The van der Waals surface area contributed by atoms with Crippen molar-refractivity contribution in [3.8, 4) is 0 Å². The minimum absolute atomic E-state index is 0.253. The van der Waals surface area contributed by atoms with Gasteiger partial charge in [0.15, 0.2) is 0 Å². The average Bonchev–Trinajstić information content (AvgIpc) is 2.67. The molecule has 3 rings (SSSR count). The molecule has 3 aromatic rings. The predicted molar refractivity (Wildman–Crippen MR) is 101 cm³/mol. The number of halogens is 3. The van der Waals surface area contributed by atoms with Gasteiger partial charge in [-0.25, -0.2) is 4.98 Å². The zero-order valence-electron chi connectivity index (χ0n) is 15.0. The second-order valence-electron chi connectivity index (χ2n) is 6.24. The van der Waals surface area contributed by atoms with Gasteiger partial charge in [-0.3, -0.25) is 4.79 Å². The second-order valence-corrected chi connectivity index (χ2v) is 6.24. The lowest BCUT2D eigenvalue weighted by Gasteiger charge is -2.10. The molecule has 2 aromatic carbocycles. The third kappa shape index (κ3) is 4.88. The van der Waals surface area contributed by atoms with Gasteiger partial charge in [-0.1, -0.05) is 24.3 Å². The molecule has 0 unspecified atom stereocenters. The van der Waals surface area contributed by atoms with Crippen LogP contribution in [-0.2, 0) is 12.7 Å². The highest BCUT2D eigenvalue weighted by atomic mass is 19.4. The number of carbonyl (C=O) groups excluding carboxylic acids is 1. The molecule has 0 aliphatic rings. The topological polar surface area (TPSA) is 54.0 Å². The molecular formula is C21H18F3N3O. The molecule has 0 saturated carbocycles. The summed E-state index contributed by atoms with van der Waals surface area (Å²) in [5, 5.41) is 5.74. The van der Waals surface area contributed by atoms with Gasteiger partial charge in [0.2, 0.25) is 0 Å². The molecule has 28 heavy (non-hydrogen) atoms. The highest BCUT2D eigenvalue weighted by Gasteiger charge is 2.29. The van der Waals surface area contributed by atoms with Crippen LogP contribution in [-0.4, -0.2) is 10.9 Å². The lowest BCUT2D eigenvalue weighted by Crippen LogP contribution is -2.23. The van der Waals surface area contributed by atoms with Crippen molar-refractivity contribution in [1.82, 2.24) is 10.3 Å². The first-order valence-corrected chi connectivity index (χ1v) is 8.56. The zero-order valence-corrected chi connectivity index (χ0v) is 15.0. The molecule has 0 atom stereocenters. The van der Waals surface area contributed by atoms with Gasteiger partial charge in [0.1, 0.15) is 5.82 Å². The van der Waals surface area contributed by atoms with Crippen LogP contribution in [0.2, 0.25) is 0 Å². The second kappa shape index (κ2) is 8.12. The minimum Gasteiger partial charge on any atom is -0.348 e. The van der Waals surface area contributed by atoms with Gasteiger partial charge in [-0.15, -0.1) is 0 Å². The number of hydrogen-bond acceptors (Lipinski definition) is 3. The summed E-state index contributed by atoms with van der Waals surface area (Å²) >= 11 is 0. The number of pyridine rings is 1. The SMILES string of the molecule is Cc1ccccc1CNC(=O)c1ccc(Nc2ccc(C(F)(F)F)cc2)nc1. The first kappa shape index (κ1) is 19.4. The fourth-order valence-electron chi connectivity index (χ4n) is 2.58. The van der Waals surface area contributed by atoms with Crippen LogP contribution in [0.4, 0.5) is 24.7 Å². The molecule has 0 fully saturated rings. The average molecular weight is 385 g/mol. The van der Waals surface area contributed by atoms with E-state index in [1.807, 2.05) is 31.2 Å². The number of alkyl halides is 3. The Hall–Kier alpha value is -3.35. The number of benzene rings is 2. The van der Waals surface area contributed by atoms with Gasteiger partial charge in [0, 0.05) is 18.4 Å². The Morgan fingerprint density at radius 2 is 1.71 bits per heavy atom. The van der Waals surface area contributed by atoms with Crippen molar-refractivity contribution in [2.24, 2.45) is 0 Å². The molecule has 7 heteroatoms. The summed E-state index contributed by atoms with van der Waals surface area (Å²) in [6.45, 7) is 2.39. The smallest absolute Gasteiger partial charge is 0.348 e. The number of aryl methyl sites for hydroxylation is 1. The lowest BCUT2D eigenvalue weighted by atomic mass is 10.1. The van der Waals surface area contributed by atoms with E-state index in [4.69, 9.17) is 0 Å². The monoisotopic (exact) mass is 385 g/mol. The number of nitrogens with zero attached hydrogens (tertiary/aromatic N) is 1. The molecule has 0 aliphatic carbocycles. The molecular weight excluding hydrogens is 367 g/mol. The van der Waals surface area contributed by atoms with Gasteiger partial charge >= 0.3 is 6.18 Å². The fourth-order valence-corrected chi connectivity index (χ4v) is 2.58. The molecule has 144 valence electrons. The molecule has 0 saturated heterocycles. The Balaban J connectivity index is 1.60. The van der Waals surface area contributed by atoms with Crippen molar-refractivity contribution < 1.29 is 18.0 Å². The first-order valence-electron chi connectivity index (χ1n) is 8.56. The standard InChI is InChI=1S/C21H18F3N3O/c1-14-4-2-3-5-15(14)12-26-20(28)16-6-11-19(25-13-16)27-18-9-7-17(8-10-18)21(22,23)24/h2-11,13H,12H2,1H3,(H,25,27)(H,26,28). The molecule has 2 N–H and O–H groups in total. The predicted octanol–water partition coefficient (Wildman–Crippen LogP) is 5.08. The Kier molecular flexibility index (Phi) is 5.63. The Morgan fingerprint density at radius 1 is 1.00 bits per heavy atom. The molecule has 0 aliphatic heterocycles. The van der Waals surface area contributed by atoms with Crippen molar-refractivity contribution >= 4 is 17.4 Å². The van der Waals surface area contributed by atoms with Gasteiger partial charge in [0.05, 0.1) is 11.1 Å². The van der Waals surface area contributed by atoms with Crippen LogP contribution in [0.15, 0.2) is 66.9 Å². The van der Waals surface area contributed by atoms with E-state index >= 15 is 0 Å². The lowest BCUT2D eigenvalue weighted by molar-refractivity contribution is -0.137. The maximum atomic E-state index is 12.6. The van der Waals surface area contributed by atoms with E-state index in [1.165, 1.54) is 18.3 Å². The summed E-state index contributed by atoms with van der Waals surface area (Å²) < 4.78 is 37.8. The summed E-state index contributed by atoms with van der Waals surface area (Å²) in [4.78, 5) is 16.4. The molecule has 0 bridgehead atoms. The molecule has 1 amide bonds. The maximum Gasteiger partial charge on any atom is 0.416 e. The van der Waals surface area contributed by atoms with Crippen molar-refractivity contribution in [3.63, 3.8) is 0 Å². The van der Waals surface area contributed by atoms with Crippen molar-refractivity contribution in [3.05, 3.63) is 89.1 Å². The van der Waals surface area contributed by atoms with Crippen molar-refractivity contribution in [2.45, 2.75) is 19.6 Å².